The third kappa shape index (κ3) is 4.14. The fourth-order valence-electron chi connectivity index (χ4n) is 2.74. The average molecular weight is 338 g/mol. The highest BCUT2D eigenvalue weighted by Crippen LogP contribution is 2.23. The molecule has 6 nitrogen and oxygen atoms in total. The molecular weight excluding hydrogens is 318 g/mol. The summed E-state index contributed by atoms with van der Waals surface area (Å²) in [5.74, 6) is 0.315. The maximum Gasteiger partial charge on any atom is 0.154 e. The van der Waals surface area contributed by atoms with Crippen LogP contribution in [0.15, 0.2) is 18.2 Å². The molecule has 1 unspecified atom stereocenters. The van der Waals surface area contributed by atoms with Crippen LogP contribution in [0, 0.1) is 11.6 Å². The molecule has 1 atom stereocenters. The van der Waals surface area contributed by atoms with Crippen LogP contribution in [0.3, 0.4) is 0 Å². The molecule has 2 aromatic rings. The molecule has 0 spiro atoms. The van der Waals surface area contributed by atoms with Crippen molar-refractivity contribution >= 4 is 0 Å². The molecule has 1 fully saturated rings. The van der Waals surface area contributed by atoms with Crippen molar-refractivity contribution in [3.63, 3.8) is 0 Å². The van der Waals surface area contributed by atoms with Gasteiger partial charge < -0.3 is 15.2 Å². The van der Waals surface area contributed by atoms with E-state index in [1.54, 1.807) is 0 Å². The van der Waals surface area contributed by atoms with E-state index in [9.17, 15) is 13.9 Å². The summed E-state index contributed by atoms with van der Waals surface area (Å²) < 4.78 is 31.8. The Morgan fingerprint density at radius 1 is 1.33 bits per heavy atom. The summed E-state index contributed by atoms with van der Waals surface area (Å²) in [6.07, 6.45) is 0.754. The molecule has 1 aliphatic heterocycles. The minimum Gasteiger partial charge on any atom is -0.387 e. The first-order chi connectivity index (χ1) is 11.6. The SMILES string of the molecule is OC(CNCc1nc(C2CCOCC2)n[nH]1)c1ccc(F)cc1F. The molecule has 1 aromatic heterocycles. The minimum absolute atomic E-state index is 0.0596. The van der Waals surface area contributed by atoms with Gasteiger partial charge in [-0.05, 0) is 18.9 Å². The fraction of sp³-hybridized carbons (Fsp3) is 0.500. The summed E-state index contributed by atoms with van der Waals surface area (Å²) in [4.78, 5) is 4.44. The van der Waals surface area contributed by atoms with Gasteiger partial charge in [0.25, 0.3) is 0 Å². The number of benzene rings is 1. The molecule has 0 bridgehead atoms. The van der Waals surface area contributed by atoms with E-state index in [-0.39, 0.29) is 12.1 Å². The van der Waals surface area contributed by atoms with Crippen LogP contribution >= 0.6 is 0 Å². The molecule has 24 heavy (non-hydrogen) atoms. The third-order valence-electron chi connectivity index (χ3n) is 4.09. The van der Waals surface area contributed by atoms with Gasteiger partial charge in [-0.1, -0.05) is 6.07 Å². The number of aromatic nitrogens is 3. The van der Waals surface area contributed by atoms with E-state index >= 15 is 0 Å². The van der Waals surface area contributed by atoms with Crippen molar-refractivity contribution in [3.05, 3.63) is 47.0 Å². The average Bonchev–Trinajstić information content (AvgIpc) is 3.04. The number of aromatic amines is 1. The zero-order valence-corrected chi connectivity index (χ0v) is 13.1. The second kappa shape index (κ2) is 7.78. The van der Waals surface area contributed by atoms with Gasteiger partial charge in [-0.3, -0.25) is 5.10 Å². The molecule has 0 amide bonds. The highest BCUT2D eigenvalue weighted by Gasteiger charge is 2.20. The summed E-state index contributed by atoms with van der Waals surface area (Å²) in [5.41, 5.74) is 0.0596. The van der Waals surface area contributed by atoms with Crippen LogP contribution in [0.5, 0.6) is 0 Å². The third-order valence-corrected chi connectivity index (χ3v) is 4.09. The lowest BCUT2D eigenvalue weighted by Crippen LogP contribution is -2.22. The van der Waals surface area contributed by atoms with Crippen LogP contribution in [-0.4, -0.2) is 40.0 Å². The molecule has 130 valence electrons. The van der Waals surface area contributed by atoms with Gasteiger partial charge in [0.1, 0.15) is 17.5 Å². The number of nitrogens with zero attached hydrogens (tertiary/aromatic N) is 2. The van der Waals surface area contributed by atoms with Gasteiger partial charge in [0.2, 0.25) is 0 Å². The van der Waals surface area contributed by atoms with E-state index in [2.05, 4.69) is 20.5 Å². The summed E-state index contributed by atoms with van der Waals surface area (Å²) >= 11 is 0. The predicted octanol–water partition coefficient (Wildman–Crippen LogP) is 1.80. The second-order valence-electron chi connectivity index (χ2n) is 5.84. The lowest BCUT2D eigenvalue weighted by Gasteiger charge is -2.18. The van der Waals surface area contributed by atoms with Crippen molar-refractivity contribution in [1.29, 1.82) is 0 Å². The van der Waals surface area contributed by atoms with Crippen molar-refractivity contribution in [2.75, 3.05) is 19.8 Å². The topological polar surface area (TPSA) is 83.1 Å². The van der Waals surface area contributed by atoms with Crippen LogP contribution in [0.25, 0.3) is 0 Å². The summed E-state index contributed by atoms with van der Waals surface area (Å²) in [5, 5.41) is 20.1. The zero-order valence-electron chi connectivity index (χ0n) is 13.1. The zero-order chi connectivity index (χ0) is 16.9. The Morgan fingerprint density at radius 2 is 2.12 bits per heavy atom. The maximum atomic E-state index is 13.6. The van der Waals surface area contributed by atoms with Gasteiger partial charge >= 0.3 is 0 Å². The van der Waals surface area contributed by atoms with Gasteiger partial charge in [0, 0.05) is 37.3 Å². The monoisotopic (exact) mass is 338 g/mol. The van der Waals surface area contributed by atoms with Crippen molar-refractivity contribution in [3.8, 4) is 0 Å². The minimum atomic E-state index is -1.07. The Balaban J connectivity index is 1.50. The quantitative estimate of drug-likeness (QED) is 0.748. The number of ether oxygens (including phenoxy) is 1. The van der Waals surface area contributed by atoms with Crippen molar-refractivity contribution in [2.45, 2.75) is 31.4 Å². The second-order valence-corrected chi connectivity index (χ2v) is 5.84. The molecule has 1 aromatic carbocycles. The van der Waals surface area contributed by atoms with Crippen LogP contribution in [0.2, 0.25) is 0 Å². The number of aliphatic hydroxyl groups is 1. The summed E-state index contributed by atoms with van der Waals surface area (Å²) in [6, 6.07) is 3.13. The highest BCUT2D eigenvalue weighted by atomic mass is 19.1. The van der Waals surface area contributed by atoms with Crippen molar-refractivity contribution < 1.29 is 18.6 Å². The van der Waals surface area contributed by atoms with Crippen molar-refractivity contribution in [1.82, 2.24) is 20.5 Å². The number of aliphatic hydroxyl groups excluding tert-OH is 1. The van der Waals surface area contributed by atoms with Gasteiger partial charge in [-0.2, -0.15) is 5.10 Å². The Labute approximate surface area is 138 Å². The smallest absolute Gasteiger partial charge is 0.154 e. The molecule has 2 heterocycles. The van der Waals surface area contributed by atoms with Crippen LogP contribution in [0.1, 0.15) is 42.1 Å². The number of hydrogen-bond donors (Lipinski definition) is 3. The van der Waals surface area contributed by atoms with Crippen LogP contribution < -0.4 is 5.32 Å². The number of nitrogens with one attached hydrogen (secondary N) is 2. The first kappa shape index (κ1) is 16.9. The standard InChI is InChI=1S/C16H20F2N4O2/c17-11-1-2-12(13(18)7-11)14(23)8-19-9-15-20-16(22-21-15)10-3-5-24-6-4-10/h1-2,7,10,14,19,23H,3-6,8-9H2,(H,20,21,22). The molecule has 3 rings (SSSR count). The largest absolute Gasteiger partial charge is 0.387 e. The lowest BCUT2D eigenvalue weighted by molar-refractivity contribution is 0.0836. The Hall–Kier alpha value is -1.90. The van der Waals surface area contributed by atoms with Crippen LogP contribution in [0.4, 0.5) is 8.78 Å². The molecule has 0 aliphatic carbocycles. The molecule has 0 radical (unpaired) electrons. The van der Waals surface area contributed by atoms with E-state index < -0.39 is 17.7 Å². The molecular formula is C16H20F2N4O2. The number of H-pyrrole nitrogens is 1. The van der Waals surface area contributed by atoms with Crippen LogP contribution in [-0.2, 0) is 11.3 Å². The first-order valence-electron chi connectivity index (χ1n) is 7.96. The summed E-state index contributed by atoms with van der Waals surface area (Å²) in [7, 11) is 0. The summed E-state index contributed by atoms with van der Waals surface area (Å²) in [6.45, 7) is 1.94. The first-order valence-corrected chi connectivity index (χ1v) is 7.96. The van der Waals surface area contributed by atoms with E-state index in [0.29, 0.717) is 18.3 Å². The lowest BCUT2D eigenvalue weighted by atomic mass is 10.00. The van der Waals surface area contributed by atoms with Gasteiger partial charge in [0.05, 0.1) is 12.6 Å². The number of rotatable bonds is 6. The fourth-order valence-corrected chi connectivity index (χ4v) is 2.74. The van der Waals surface area contributed by atoms with E-state index in [1.807, 2.05) is 0 Å². The van der Waals surface area contributed by atoms with Crippen molar-refractivity contribution in [2.24, 2.45) is 0 Å². The Kier molecular flexibility index (Phi) is 5.49. The van der Waals surface area contributed by atoms with E-state index in [0.717, 1.165) is 44.0 Å². The molecule has 0 saturated carbocycles. The number of hydrogen-bond acceptors (Lipinski definition) is 5. The number of halogens is 2. The normalized spacial score (nSPS) is 17.1. The van der Waals surface area contributed by atoms with Gasteiger partial charge in [0.15, 0.2) is 5.82 Å². The van der Waals surface area contributed by atoms with Gasteiger partial charge in [-0.15, -0.1) is 0 Å². The molecule has 1 saturated heterocycles. The maximum absolute atomic E-state index is 13.6. The Bertz CT molecular complexity index is 674. The van der Waals surface area contributed by atoms with E-state index in [1.165, 1.54) is 6.07 Å². The molecule has 3 N–H and O–H groups in total. The molecule has 8 heteroatoms. The Morgan fingerprint density at radius 3 is 2.88 bits per heavy atom. The molecule has 1 aliphatic rings. The van der Waals surface area contributed by atoms with Gasteiger partial charge in [-0.25, -0.2) is 13.8 Å². The predicted molar refractivity (Wildman–Crippen MR) is 82.2 cm³/mol. The highest BCUT2D eigenvalue weighted by molar-refractivity contribution is 5.21. The van der Waals surface area contributed by atoms with E-state index in [4.69, 9.17) is 4.74 Å².